The first-order valence-electron chi connectivity index (χ1n) is 5.61. The van der Waals surface area contributed by atoms with Gasteiger partial charge in [-0.1, -0.05) is 15.9 Å². The number of hydrogen-bond acceptors (Lipinski definition) is 3. The van der Waals surface area contributed by atoms with Crippen LogP contribution in [0.1, 0.15) is 17.3 Å². The number of aromatic nitrogens is 1. The van der Waals surface area contributed by atoms with Gasteiger partial charge in [0, 0.05) is 30.8 Å². The highest BCUT2D eigenvalue weighted by atomic mass is 127. The first-order chi connectivity index (χ1) is 9.10. The third kappa shape index (κ3) is 4.22. The van der Waals surface area contributed by atoms with Crippen molar-refractivity contribution in [3.63, 3.8) is 0 Å². The molecule has 0 aliphatic heterocycles. The van der Waals surface area contributed by atoms with Gasteiger partial charge in [0.2, 0.25) is 0 Å². The van der Waals surface area contributed by atoms with E-state index in [9.17, 15) is 0 Å². The summed E-state index contributed by atoms with van der Waals surface area (Å²) in [6, 6.07) is 10.2. The largest absolute Gasteiger partial charge is 0.271 e. The van der Waals surface area contributed by atoms with Gasteiger partial charge in [0.05, 0.1) is 6.04 Å². The Balaban J connectivity index is 2.24. The number of nitrogens with zero attached hydrogens (tertiary/aromatic N) is 1. The Hall–Kier alpha value is -0.0200. The first-order valence-corrected chi connectivity index (χ1v) is 8.28. The Morgan fingerprint density at radius 2 is 1.95 bits per heavy atom. The fourth-order valence-electron chi connectivity index (χ4n) is 1.78. The Bertz CT molecular complexity index is 560. The van der Waals surface area contributed by atoms with Gasteiger partial charge >= 0.3 is 0 Å². The molecule has 0 fully saturated rings. The number of hydrazine groups is 1. The van der Waals surface area contributed by atoms with E-state index >= 15 is 0 Å². The molecule has 0 radical (unpaired) electrons. The fraction of sp³-hybridized carbons (Fsp3) is 0.154. The van der Waals surface area contributed by atoms with E-state index in [1.165, 1.54) is 9.13 Å². The molecule has 6 heteroatoms. The summed E-state index contributed by atoms with van der Waals surface area (Å²) in [5, 5.41) is 0. The second-order valence-corrected chi connectivity index (χ2v) is 7.05. The van der Waals surface area contributed by atoms with Crippen molar-refractivity contribution in [2.75, 3.05) is 0 Å². The van der Waals surface area contributed by atoms with Crippen LogP contribution in [0.25, 0.3) is 0 Å². The Morgan fingerprint density at radius 1 is 1.21 bits per heavy atom. The zero-order chi connectivity index (χ0) is 13.8. The molecule has 0 saturated carbocycles. The van der Waals surface area contributed by atoms with Crippen LogP contribution in [-0.4, -0.2) is 4.98 Å². The van der Waals surface area contributed by atoms with Gasteiger partial charge in [-0.25, -0.2) is 0 Å². The van der Waals surface area contributed by atoms with E-state index in [2.05, 4.69) is 77.0 Å². The third-order valence-corrected chi connectivity index (χ3v) is 4.68. The van der Waals surface area contributed by atoms with E-state index in [1.54, 1.807) is 6.20 Å². The molecule has 1 aromatic heterocycles. The maximum Gasteiger partial charge on any atom is 0.0526 e. The van der Waals surface area contributed by atoms with Gasteiger partial charge in [-0.15, -0.1) is 0 Å². The van der Waals surface area contributed by atoms with E-state index in [0.29, 0.717) is 0 Å². The van der Waals surface area contributed by atoms with Crippen LogP contribution in [0.15, 0.2) is 45.5 Å². The molecule has 0 bridgehead atoms. The average molecular weight is 497 g/mol. The summed E-state index contributed by atoms with van der Waals surface area (Å²) in [6.07, 6.45) is 2.55. The minimum Gasteiger partial charge on any atom is -0.271 e. The lowest BCUT2D eigenvalue weighted by atomic mass is 10.0. The molecule has 0 aliphatic rings. The minimum absolute atomic E-state index is 0.0399. The van der Waals surface area contributed by atoms with E-state index < -0.39 is 0 Å². The number of rotatable bonds is 4. The van der Waals surface area contributed by atoms with Crippen LogP contribution < -0.4 is 11.3 Å². The van der Waals surface area contributed by atoms with Crippen molar-refractivity contribution >= 4 is 54.5 Å². The molecular formula is C13H12Br2IN3. The SMILES string of the molecule is NNC(Cc1ccc(Br)cn1)c1cc(Br)ccc1I. The summed E-state index contributed by atoms with van der Waals surface area (Å²) in [7, 11) is 0. The molecule has 19 heavy (non-hydrogen) atoms. The summed E-state index contributed by atoms with van der Waals surface area (Å²) < 4.78 is 3.21. The van der Waals surface area contributed by atoms with E-state index in [-0.39, 0.29) is 6.04 Å². The van der Waals surface area contributed by atoms with Gasteiger partial charge in [-0.2, -0.15) is 0 Å². The maximum absolute atomic E-state index is 5.70. The number of pyridine rings is 1. The summed E-state index contributed by atoms with van der Waals surface area (Å²) in [5.74, 6) is 5.70. The van der Waals surface area contributed by atoms with Crippen molar-refractivity contribution < 1.29 is 0 Å². The fourth-order valence-corrected chi connectivity index (χ4v) is 3.10. The highest BCUT2D eigenvalue weighted by Gasteiger charge is 2.14. The minimum atomic E-state index is 0.0399. The van der Waals surface area contributed by atoms with Crippen LogP contribution in [0.4, 0.5) is 0 Å². The van der Waals surface area contributed by atoms with Gasteiger partial charge in [0.25, 0.3) is 0 Å². The third-order valence-electron chi connectivity index (χ3n) is 2.74. The highest BCUT2D eigenvalue weighted by molar-refractivity contribution is 14.1. The molecule has 0 saturated heterocycles. The van der Waals surface area contributed by atoms with E-state index in [1.807, 2.05) is 18.2 Å². The molecule has 0 amide bonds. The van der Waals surface area contributed by atoms with E-state index in [4.69, 9.17) is 5.84 Å². The van der Waals surface area contributed by atoms with Crippen LogP contribution in [-0.2, 0) is 6.42 Å². The lowest BCUT2D eigenvalue weighted by Gasteiger charge is -2.18. The Morgan fingerprint density at radius 3 is 2.58 bits per heavy atom. The molecule has 0 aliphatic carbocycles. The predicted molar refractivity (Wildman–Crippen MR) is 92.6 cm³/mol. The molecule has 100 valence electrons. The first kappa shape index (κ1) is 15.4. The summed E-state index contributed by atoms with van der Waals surface area (Å²) >= 11 is 9.20. The van der Waals surface area contributed by atoms with Crippen molar-refractivity contribution in [2.45, 2.75) is 12.5 Å². The van der Waals surface area contributed by atoms with Crippen molar-refractivity contribution in [1.29, 1.82) is 0 Å². The smallest absolute Gasteiger partial charge is 0.0526 e. The van der Waals surface area contributed by atoms with E-state index in [0.717, 1.165) is 21.1 Å². The van der Waals surface area contributed by atoms with Crippen molar-refractivity contribution in [2.24, 2.45) is 5.84 Å². The Labute approximate surface area is 142 Å². The topological polar surface area (TPSA) is 50.9 Å². The van der Waals surface area contributed by atoms with Crippen LogP contribution in [0.3, 0.4) is 0 Å². The van der Waals surface area contributed by atoms with Crippen LogP contribution in [0.2, 0.25) is 0 Å². The van der Waals surface area contributed by atoms with Crippen LogP contribution >= 0.6 is 54.5 Å². The summed E-state index contributed by atoms with van der Waals surface area (Å²) in [4.78, 5) is 4.39. The summed E-state index contributed by atoms with van der Waals surface area (Å²) in [6.45, 7) is 0. The molecule has 3 N–H and O–H groups in total. The molecular weight excluding hydrogens is 485 g/mol. The monoisotopic (exact) mass is 495 g/mol. The molecule has 2 rings (SSSR count). The lowest BCUT2D eigenvalue weighted by Crippen LogP contribution is -2.30. The number of hydrogen-bond donors (Lipinski definition) is 2. The lowest BCUT2D eigenvalue weighted by molar-refractivity contribution is 0.543. The van der Waals surface area contributed by atoms with Gasteiger partial charge in [0.15, 0.2) is 0 Å². The number of halogens is 3. The second-order valence-electron chi connectivity index (χ2n) is 4.06. The molecule has 2 aromatic rings. The molecule has 3 nitrogen and oxygen atoms in total. The van der Waals surface area contributed by atoms with Gasteiger partial charge in [0.1, 0.15) is 0 Å². The maximum atomic E-state index is 5.70. The number of nitrogens with two attached hydrogens (primary N) is 1. The average Bonchev–Trinajstić information content (AvgIpc) is 2.41. The molecule has 1 atom stereocenters. The van der Waals surface area contributed by atoms with Gasteiger partial charge in [-0.05, 0) is 74.4 Å². The van der Waals surface area contributed by atoms with Crippen molar-refractivity contribution in [1.82, 2.24) is 10.4 Å². The zero-order valence-electron chi connectivity index (χ0n) is 9.91. The second kappa shape index (κ2) is 7.12. The molecule has 0 spiro atoms. The standard InChI is InChI=1S/C13H12Br2IN3/c14-8-2-4-12(16)11(5-8)13(19-17)6-10-3-1-9(15)7-18-10/h1-5,7,13,19H,6,17H2. The number of benzene rings is 1. The van der Waals surface area contributed by atoms with Crippen molar-refractivity contribution in [3.8, 4) is 0 Å². The highest BCUT2D eigenvalue weighted by Crippen LogP contribution is 2.26. The van der Waals surface area contributed by atoms with Crippen LogP contribution in [0, 0.1) is 3.57 Å². The number of nitrogens with one attached hydrogen (secondary N) is 1. The van der Waals surface area contributed by atoms with Gasteiger partial charge in [-0.3, -0.25) is 16.3 Å². The normalized spacial score (nSPS) is 12.4. The van der Waals surface area contributed by atoms with Gasteiger partial charge < -0.3 is 0 Å². The predicted octanol–water partition coefficient (Wildman–Crippen LogP) is 3.96. The quantitative estimate of drug-likeness (QED) is 0.383. The van der Waals surface area contributed by atoms with Crippen LogP contribution in [0.5, 0.6) is 0 Å². The zero-order valence-corrected chi connectivity index (χ0v) is 15.2. The molecule has 1 aromatic carbocycles. The molecule has 1 heterocycles. The van der Waals surface area contributed by atoms with Crippen molar-refractivity contribution in [3.05, 3.63) is 60.3 Å². The summed E-state index contributed by atoms with van der Waals surface area (Å²) in [5.41, 5.74) is 5.04. The Kier molecular flexibility index (Phi) is 5.76. The molecule has 1 unspecified atom stereocenters.